The second kappa shape index (κ2) is 6.81. The Hall–Kier alpha value is -0.810. The van der Waals surface area contributed by atoms with Gasteiger partial charge in [-0.15, -0.1) is 0 Å². The van der Waals surface area contributed by atoms with Crippen LogP contribution in [0.25, 0.3) is 0 Å². The fraction of sp³-hybridized carbons (Fsp3) is 0.917. The molecule has 0 rings (SSSR count). The van der Waals surface area contributed by atoms with Gasteiger partial charge >= 0.3 is 6.09 Å². The quantitative estimate of drug-likeness (QED) is 0.767. The van der Waals surface area contributed by atoms with Crippen LogP contribution in [0.5, 0.6) is 0 Å². The maximum absolute atomic E-state index is 11.9. The van der Waals surface area contributed by atoms with Gasteiger partial charge in [-0.1, -0.05) is 0 Å². The van der Waals surface area contributed by atoms with Crippen molar-refractivity contribution in [2.24, 2.45) is 5.73 Å². The van der Waals surface area contributed by atoms with Crippen LogP contribution in [0.1, 0.15) is 41.0 Å². The lowest BCUT2D eigenvalue weighted by atomic mass is 10.2. The third-order valence-corrected chi connectivity index (χ3v) is 2.16. The molecule has 0 saturated heterocycles. The van der Waals surface area contributed by atoms with Crippen LogP contribution >= 0.6 is 0 Å². The molecule has 5 nitrogen and oxygen atoms in total. The van der Waals surface area contributed by atoms with E-state index in [0.29, 0.717) is 13.0 Å². The molecule has 0 aliphatic rings. The molecule has 0 aliphatic carbocycles. The topological polar surface area (TPSA) is 75.8 Å². The van der Waals surface area contributed by atoms with Gasteiger partial charge in [0.25, 0.3) is 0 Å². The molecular weight excluding hydrogens is 220 g/mol. The highest BCUT2D eigenvalue weighted by Crippen LogP contribution is 2.12. The van der Waals surface area contributed by atoms with Crippen molar-refractivity contribution in [3.8, 4) is 0 Å². The lowest BCUT2D eigenvalue weighted by Crippen LogP contribution is -2.45. The number of aliphatic hydroxyl groups excluding tert-OH is 1. The average Bonchev–Trinajstić information content (AvgIpc) is 2.11. The molecule has 3 N–H and O–H groups in total. The summed E-state index contributed by atoms with van der Waals surface area (Å²) in [5.41, 5.74) is 4.84. The Kier molecular flexibility index (Phi) is 6.49. The van der Waals surface area contributed by atoms with Crippen LogP contribution in [-0.2, 0) is 4.74 Å². The number of carbonyl (C=O) groups excluding carboxylic acids is 1. The highest BCUT2D eigenvalue weighted by Gasteiger charge is 2.25. The zero-order valence-corrected chi connectivity index (χ0v) is 11.6. The minimum atomic E-state index is -0.602. The first-order chi connectivity index (χ1) is 7.67. The van der Waals surface area contributed by atoms with Gasteiger partial charge in [0.15, 0.2) is 0 Å². The molecule has 0 saturated carbocycles. The first kappa shape index (κ1) is 16.2. The van der Waals surface area contributed by atoms with E-state index >= 15 is 0 Å². The summed E-state index contributed by atoms with van der Waals surface area (Å²) in [6.07, 6.45) is -0.523. The maximum atomic E-state index is 11.9. The van der Waals surface area contributed by atoms with Crippen molar-refractivity contribution in [1.29, 1.82) is 0 Å². The molecule has 0 aliphatic heterocycles. The third-order valence-electron chi connectivity index (χ3n) is 2.16. The van der Waals surface area contributed by atoms with Gasteiger partial charge in [-0.05, 0) is 47.6 Å². The minimum absolute atomic E-state index is 0.0164. The van der Waals surface area contributed by atoms with Gasteiger partial charge in [-0.3, -0.25) is 0 Å². The molecule has 0 bridgehead atoms. The lowest BCUT2D eigenvalue weighted by Gasteiger charge is -2.31. The molecule has 0 radical (unpaired) electrons. The van der Waals surface area contributed by atoms with Crippen LogP contribution in [0.15, 0.2) is 0 Å². The predicted molar refractivity (Wildman–Crippen MR) is 67.8 cm³/mol. The van der Waals surface area contributed by atoms with Crippen molar-refractivity contribution in [1.82, 2.24) is 4.90 Å². The predicted octanol–water partition coefficient (Wildman–Crippen LogP) is 1.34. The number of aliphatic hydroxyl groups is 1. The van der Waals surface area contributed by atoms with E-state index in [1.54, 1.807) is 0 Å². The fourth-order valence-electron chi connectivity index (χ4n) is 1.33. The highest BCUT2D eigenvalue weighted by molar-refractivity contribution is 5.68. The molecule has 0 heterocycles. The van der Waals surface area contributed by atoms with Crippen LogP contribution in [-0.4, -0.2) is 46.9 Å². The fourth-order valence-corrected chi connectivity index (χ4v) is 1.33. The SMILES string of the molecule is CC(C)N(C[C@@H](O)CCN)C(=O)OC(C)(C)C. The maximum Gasteiger partial charge on any atom is 0.410 e. The Balaban J connectivity index is 4.47. The summed E-state index contributed by atoms with van der Waals surface area (Å²) in [6.45, 7) is 9.89. The largest absolute Gasteiger partial charge is 0.444 e. The summed E-state index contributed by atoms with van der Waals surface area (Å²) >= 11 is 0. The van der Waals surface area contributed by atoms with E-state index in [0.717, 1.165) is 0 Å². The van der Waals surface area contributed by atoms with Gasteiger partial charge in [0.05, 0.1) is 12.6 Å². The van der Waals surface area contributed by atoms with Crippen molar-refractivity contribution in [2.45, 2.75) is 58.8 Å². The normalized spacial score (nSPS) is 13.6. The molecule has 0 unspecified atom stereocenters. The van der Waals surface area contributed by atoms with E-state index in [1.165, 1.54) is 4.90 Å². The van der Waals surface area contributed by atoms with E-state index < -0.39 is 17.8 Å². The zero-order chi connectivity index (χ0) is 13.6. The number of nitrogens with zero attached hydrogens (tertiary/aromatic N) is 1. The summed E-state index contributed by atoms with van der Waals surface area (Å²) in [5.74, 6) is 0. The van der Waals surface area contributed by atoms with E-state index in [9.17, 15) is 9.90 Å². The Bertz CT molecular complexity index is 236. The van der Waals surface area contributed by atoms with Crippen molar-refractivity contribution in [3.63, 3.8) is 0 Å². The second-order valence-corrected chi connectivity index (χ2v) is 5.46. The summed E-state index contributed by atoms with van der Waals surface area (Å²) in [6, 6.07) is -0.0164. The molecule has 0 aromatic heterocycles. The first-order valence-electron chi connectivity index (χ1n) is 6.05. The Labute approximate surface area is 104 Å². The standard InChI is InChI=1S/C12H26N2O3/c1-9(2)14(8-10(15)6-7-13)11(16)17-12(3,4)5/h9-10,15H,6-8,13H2,1-5H3/t10-/m0/s1. The highest BCUT2D eigenvalue weighted by atomic mass is 16.6. The summed E-state index contributed by atoms with van der Waals surface area (Å²) < 4.78 is 5.28. The lowest BCUT2D eigenvalue weighted by molar-refractivity contribution is 0.00688. The molecule has 0 aromatic rings. The number of carbonyl (C=O) groups is 1. The number of ether oxygens (including phenoxy) is 1. The number of hydrogen-bond donors (Lipinski definition) is 2. The smallest absolute Gasteiger partial charge is 0.410 e. The van der Waals surface area contributed by atoms with Crippen LogP contribution < -0.4 is 5.73 Å². The molecule has 0 fully saturated rings. The van der Waals surface area contributed by atoms with Crippen LogP contribution in [0.3, 0.4) is 0 Å². The van der Waals surface area contributed by atoms with E-state index in [2.05, 4.69) is 0 Å². The number of rotatable bonds is 5. The monoisotopic (exact) mass is 246 g/mol. The minimum Gasteiger partial charge on any atom is -0.444 e. The van der Waals surface area contributed by atoms with Crippen molar-refractivity contribution >= 4 is 6.09 Å². The van der Waals surface area contributed by atoms with Gasteiger partial charge in [0, 0.05) is 6.04 Å². The Morgan fingerprint density at radius 2 is 1.94 bits per heavy atom. The van der Waals surface area contributed by atoms with Crippen molar-refractivity contribution < 1.29 is 14.6 Å². The molecular formula is C12H26N2O3. The van der Waals surface area contributed by atoms with Crippen LogP contribution in [0.2, 0.25) is 0 Å². The van der Waals surface area contributed by atoms with E-state index in [1.807, 2.05) is 34.6 Å². The second-order valence-electron chi connectivity index (χ2n) is 5.46. The van der Waals surface area contributed by atoms with Crippen LogP contribution in [0, 0.1) is 0 Å². The van der Waals surface area contributed by atoms with Gasteiger partial charge in [0.1, 0.15) is 5.60 Å². The summed E-state index contributed by atoms with van der Waals surface area (Å²) in [4.78, 5) is 13.4. The molecule has 1 amide bonds. The molecule has 0 spiro atoms. The van der Waals surface area contributed by atoms with Gasteiger partial charge in [-0.25, -0.2) is 4.79 Å². The van der Waals surface area contributed by atoms with E-state index in [4.69, 9.17) is 10.5 Å². The summed E-state index contributed by atoms with van der Waals surface area (Å²) in [5, 5.41) is 9.69. The van der Waals surface area contributed by atoms with Gasteiger partial charge in [0.2, 0.25) is 0 Å². The third kappa shape index (κ3) is 7.18. The molecule has 5 heteroatoms. The molecule has 102 valence electrons. The summed E-state index contributed by atoms with van der Waals surface area (Å²) in [7, 11) is 0. The Morgan fingerprint density at radius 1 is 1.41 bits per heavy atom. The van der Waals surface area contributed by atoms with Gasteiger partial charge in [-0.2, -0.15) is 0 Å². The molecule has 1 atom stereocenters. The number of nitrogens with two attached hydrogens (primary N) is 1. The van der Waals surface area contributed by atoms with Crippen molar-refractivity contribution in [2.75, 3.05) is 13.1 Å². The van der Waals surface area contributed by atoms with E-state index in [-0.39, 0.29) is 12.6 Å². The van der Waals surface area contributed by atoms with Crippen molar-refractivity contribution in [3.05, 3.63) is 0 Å². The number of hydrogen-bond acceptors (Lipinski definition) is 4. The first-order valence-corrected chi connectivity index (χ1v) is 6.05. The van der Waals surface area contributed by atoms with Crippen LogP contribution in [0.4, 0.5) is 4.79 Å². The number of amides is 1. The zero-order valence-electron chi connectivity index (χ0n) is 11.6. The molecule has 17 heavy (non-hydrogen) atoms. The Morgan fingerprint density at radius 3 is 2.29 bits per heavy atom. The molecule has 0 aromatic carbocycles. The van der Waals surface area contributed by atoms with Gasteiger partial charge < -0.3 is 20.5 Å². The average molecular weight is 246 g/mol.